The van der Waals surface area contributed by atoms with Gasteiger partial charge in [0.05, 0.1) is 22.1 Å². The molecule has 0 N–H and O–H groups in total. The van der Waals surface area contributed by atoms with Gasteiger partial charge in [0.15, 0.2) is 0 Å². The molecular weight excluding hydrogens is 645 g/mol. The van der Waals surface area contributed by atoms with Gasteiger partial charge in [-0.05, 0) is 108 Å². The van der Waals surface area contributed by atoms with Crippen molar-refractivity contribution < 1.29 is 19.1 Å². The monoisotopic (exact) mass is 680 g/mol. The summed E-state index contributed by atoms with van der Waals surface area (Å²) in [6.07, 6.45) is 2.37. The summed E-state index contributed by atoms with van der Waals surface area (Å²) >= 11 is 0. The number of nitrogens with zero attached hydrogens (tertiary/aromatic N) is 2. The fraction of sp³-hybridized carbons (Fsp3) is 0.0870. The number of hydrogen-bond acceptors (Lipinski definition) is 4. The molecule has 0 aliphatic heterocycles. The van der Waals surface area contributed by atoms with Crippen molar-refractivity contribution in [3.63, 3.8) is 0 Å². The van der Waals surface area contributed by atoms with Gasteiger partial charge in [-0.15, -0.1) is 0 Å². The molecule has 0 fully saturated rings. The average molecular weight is 681 g/mol. The topological polar surface area (TPSA) is 62.5 Å². The Morgan fingerprint density at radius 1 is 0.558 bits per heavy atom. The third kappa shape index (κ3) is 5.64. The third-order valence-electron chi connectivity index (χ3n) is 9.79. The van der Waals surface area contributed by atoms with Crippen LogP contribution >= 0.6 is 0 Å². The SMILES string of the molecule is C=CC(=O)OCc1ccc2c(c1)c1ccccc1n2-c1ccc(-c2ccc(-n3c4ccccc4c4cc(COC(=O)C=C)ccc43)c(C)c2)c(C)c1. The van der Waals surface area contributed by atoms with Crippen molar-refractivity contribution in [3.05, 3.63) is 169 Å². The second-order valence-corrected chi connectivity index (χ2v) is 13.0. The molecule has 0 saturated carbocycles. The van der Waals surface area contributed by atoms with E-state index in [0.717, 1.165) is 77.2 Å². The second-order valence-electron chi connectivity index (χ2n) is 13.0. The Balaban J connectivity index is 1.16. The molecule has 0 saturated heterocycles. The maximum Gasteiger partial charge on any atom is 0.330 e. The van der Waals surface area contributed by atoms with Crippen molar-refractivity contribution in [2.45, 2.75) is 27.1 Å². The molecule has 0 bridgehead atoms. The van der Waals surface area contributed by atoms with Crippen LogP contribution in [0.1, 0.15) is 22.3 Å². The number of aryl methyl sites for hydroxylation is 2. The molecule has 6 aromatic carbocycles. The van der Waals surface area contributed by atoms with Crippen LogP contribution in [0.3, 0.4) is 0 Å². The minimum absolute atomic E-state index is 0.193. The zero-order valence-corrected chi connectivity index (χ0v) is 29.1. The van der Waals surface area contributed by atoms with Crippen molar-refractivity contribution in [1.29, 1.82) is 0 Å². The molecular formula is C46H36N2O4. The summed E-state index contributed by atoms with van der Waals surface area (Å²) in [6, 6.07) is 42.6. The van der Waals surface area contributed by atoms with Crippen LogP contribution in [0.15, 0.2) is 147 Å². The van der Waals surface area contributed by atoms with Gasteiger partial charge in [0.2, 0.25) is 0 Å². The lowest BCUT2D eigenvalue weighted by atomic mass is 9.97. The Kier molecular flexibility index (Phi) is 8.28. The molecule has 2 aromatic heterocycles. The molecule has 2 heterocycles. The zero-order chi connectivity index (χ0) is 35.9. The summed E-state index contributed by atoms with van der Waals surface area (Å²) in [5.74, 6) is -0.870. The van der Waals surface area contributed by atoms with Gasteiger partial charge in [-0.3, -0.25) is 0 Å². The number of carbonyl (C=O) groups excluding carboxylic acids is 2. The predicted octanol–water partition coefficient (Wildman–Crippen LogP) is 10.6. The third-order valence-corrected chi connectivity index (χ3v) is 9.79. The van der Waals surface area contributed by atoms with Crippen LogP contribution < -0.4 is 0 Å². The number of benzene rings is 6. The van der Waals surface area contributed by atoms with Gasteiger partial charge in [0.25, 0.3) is 0 Å². The Hall–Kier alpha value is -6.66. The lowest BCUT2D eigenvalue weighted by Crippen LogP contribution is -2.00. The van der Waals surface area contributed by atoms with Crippen molar-refractivity contribution in [3.8, 4) is 22.5 Å². The Bertz CT molecular complexity index is 2750. The van der Waals surface area contributed by atoms with E-state index in [-0.39, 0.29) is 13.2 Å². The Morgan fingerprint density at radius 3 is 1.65 bits per heavy atom. The van der Waals surface area contributed by atoms with E-state index in [1.165, 1.54) is 23.3 Å². The van der Waals surface area contributed by atoms with Crippen LogP contribution in [0.4, 0.5) is 0 Å². The molecule has 0 atom stereocenters. The Morgan fingerprint density at radius 2 is 1.10 bits per heavy atom. The van der Waals surface area contributed by atoms with Gasteiger partial charge in [-0.1, -0.05) is 73.8 Å². The van der Waals surface area contributed by atoms with E-state index in [2.05, 4.69) is 145 Å². The predicted molar refractivity (Wildman–Crippen MR) is 210 cm³/mol. The van der Waals surface area contributed by atoms with Gasteiger partial charge in [0, 0.05) is 45.1 Å². The second kappa shape index (κ2) is 13.2. The Labute approximate surface area is 301 Å². The van der Waals surface area contributed by atoms with Gasteiger partial charge in [-0.25, -0.2) is 9.59 Å². The first-order valence-corrected chi connectivity index (χ1v) is 17.2. The number of carbonyl (C=O) groups is 2. The van der Waals surface area contributed by atoms with Gasteiger partial charge in [0.1, 0.15) is 13.2 Å². The smallest absolute Gasteiger partial charge is 0.330 e. The van der Waals surface area contributed by atoms with Crippen molar-refractivity contribution in [2.75, 3.05) is 0 Å². The van der Waals surface area contributed by atoms with Crippen molar-refractivity contribution >= 4 is 55.6 Å². The van der Waals surface area contributed by atoms with E-state index >= 15 is 0 Å². The van der Waals surface area contributed by atoms with Crippen LogP contribution in [0, 0.1) is 13.8 Å². The quantitative estimate of drug-likeness (QED) is 0.112. The fourth-order valence-electron chi connectivity index (χ4n) is 7.37. The maximum absolute atomic E-state index is 11.7. The molecule has 6 nitrogen and oxygen atoms in total. The number of aromatic nitrogens is 2. The molecule has 0 aliphatic carbocycles. The highest BCUT2D eigenvalue weighted by molar-refractivity contribution is 6.10. The lowest BCUT2D eigenvalue weighted by molar-refractivity contribution is -0.139. The van der Waals surface area contributed by atoms with Crippen LogP contribution in [-0.4, -0.2) is 21.1 Å². The normalized spacial score (nSPS) is 11.3. The van der Waals surface area contributed by atoms with Gasteiger partial charge >= 0.3 is 11.9 Å². The van der Waals surface area contributed by atoms with Crippen LogP contribution in [0.2, 0.25) is 0 Å². The average Bonchev–Trinajstić information content (AvgIpc) is 3.68. The van der Waals surface area contributed by atoms with Crippen molar-refractivity contribution in [2.24, 2.45) is 0 Å². The number of rotatable bonds is 9. The highest BCUT2D eigenvalue weighted by atomic mass is 16.5. The van der Waals surface area contributed by atoms with Crippen LogP contribution in [0.25, 0.3) is 66.1 Å². The molecule has 254 valence electrons. The molecule has 52 heavy (non-hydrogen) atoms. The van der Waals surface area contributed by atoms with Crippen LogP contribution in [-0.2, 0) is 32.3 Å². The van der Waals surface area contributed by atoms with E-state index in [1.54, 1.807) is 0 Å². The zero-order valence-electron chi connectivity index (χ0n) is 29.1. The standard InChI is InChI=1S/C46H36N2O4/c1-5-45(49)51-27-31-15-20-43-38(25-31)36-11-7-9-13-41(36)47(43)34-18-19-35(29(3)24-34)33-17-22-40(30(4)23-33)48-42-14-10-8-12-37(42)39-26-32(16-21-44(39)48)28-52-46(50)6-2/h5-26H,1-2,27-28H2,3-4H3. The molecule has 8 aromatic rings. The first-order chi connectivity index (χ1) is 25.3. The minimum atomic E-state index is -0.435. The fourth-order valence-corrected chi connectivity index (χ4v) is 7.37. The number of fused-ring (bicyclic) bond motifs is 6. The van der Waals surface area contributed by atoms with Crippen molar-refractivity contribution in [1.82, 2.24) is 9.13 Å². The van der Waals surface area contributed by atoms with E-state index < -0.39 is 11.9 Å². The molecule has 8 rings (SSSR count). The molecule has 0 amide bonds. The molecule has 0 radical (unpaired) electrons. The van der Waals surface area contributed by atoms with E-state index in [4.69, 9.17) is 9.47 Å². The molecule has 0 unspecified atom stereocenters. The number of hydrogen-bond donors (Lipinski definition) is 0. The van der Waals surface area contributed by atoms with E-state index in [1.807, 2.05) is 12.1 Å². The van der Waals surface area contributed by atoms with E-state index in [9.17, 15) is 9.59 Å². The number of esters is 2. The summed E-state index contributed by atoms with van der Waals surface area (Å²) in [5.41, 5.74) is 13.1. The lowest BCUT2D eigenvalue weighted by Gasteiger charge is -2.15. The van der Waals surface area contributed by atoms with Gasteiger partial charge < -0.3 is 18.6 Å². The number of para-hydroxylation sites is 2. The summed E-state index contributed by atoms with van der Waals surface area (Å²) in [7, 11) is 0. The maximum atomic E-state index is 11.7. The summed E-state index contributed by atoms with van der Waals surface area (Å²) in [5, 5.41) is 4.49. The first kappa shape index (κ1) is 32.5. The molecule has 0 spiro atoms. The van der Waals surface area contributed by atoms with E-state index in [0.29, 0.717) is 0 Å². The summed E-state index contributed by atoms with van der Waals surface area (Å²) < 4.78 is 15.3. The minimum Gasteiger partial charge on any atom is -0.458 e. The van der Waals surface area contributed by atoms with Gasteiger partial charge in [-0.2, -0.15) is 0 Å². The highest BCUT2D eigenvalue weighted by Crippen LogP contribution is 2.37. The van der Waals surface area contributed by atoms with Crippen LogP contribution in [0.5, 0.6) is 0 Å². The number of ether oxygens (including phenoxy) is 2. The summed E-state index contributed by atoms with van der Waals surface area (Å²) in [4.78, 5) is 23.4. The molecule has 6 heteroatoms. The highest BCUT2D eigenvalue weighted by Gasteiger charge is 2.17. The largest absolute Gasteiger partial charge is 0.458 e. The first-order valence-electron chi connectivity index (χ1n) is 17.2. The summed E-state index contributed by atoms with van der Waals surface area (Å²) in [6.45, 7) is 11.7. The molecule has 0 aliphatic rings.